The molecule has 0 spiro atoms. The molecule has 210 valence electrons. The van der Waals surface area contributed by atoms with Crippen molar-refractivity contribution in [3.63, 3.8) is 0 Å². The third-order valence-corrected chi connectivity index (χ3v) is 7.00. The number of carbonyl (C=O) groups is 4. The van der Waals surface area contributed by atoms with Gasteiger partial charge in [0.2, 0.25) is 21.7 Å². The minimum atomic E-state index is -4.33. The Morgan fingerprint density at radius 1 is 0.658 bits per heavy atom. The zero-order valence-corrected chi connectivity index (χ0v) is 21.9. The van der Waals surface area contributed by atoms with Gasteiger partial charge in [0.1, 0.15) is 0 Å². The first kappa shape index (κ1) is 30.2. The first-order valence-electron chi connectivity index (χ1n) is 10.9. The van der Waals surface area contributed by atoms with Crippen molar-refractivity contribution in [1.82, 2.24) is 20.1 Å². The lowest BCUT2D eigenvalue weighted by Crippen LogP contribution is -2.39. The Bertz CT molecular complexity index is 1260. The SMILES string of the molecule is COC(=O)c1ccc(S(=O)(=O)NC(=O)NCCCCCCNC(=O)NS(=O)(=O)c2ccc(C(=O)OC)o2)o1. The van der Waals surface area contributed by atoms with Crippen molar-refractivity contribution in [2.45, 2.75) is 35.9 Å². The van der Waals surface area contributed by atoms with Crippen LogP contribution in [0.5, 0.6) is 0 Å². The number of sulfonamides is 2. The van der Waals surface area contributed by atoms with Crippen molar-refractivity contribution < 1.29 is 54.3 Å². The van der Waals surface area contributed by atoms with Gasteiger partial charge in [-0.15, -0.1) is 0 Å². The second kappa shape index (κ2) is 13.5. The van der Waals surface area contributed by atoms with Gasteiger partial charge >= 0.3 is 24.0 Å². The molecular weight excluding hydrogens is 552 g/mol. The molecule has 0 saturated carbocycles. The van der Waals surface area contributed by atoms with Crippen molar-refractivity contribution in [3.05, 3.63) is 35.8 Å². The number of unbranched alkanes of at least 4 members (excludes halogenated alkanes) is 3. The highest BCUT2D eigenvalue weighted by molar-refractivity contribution is 7.90. The van der Waals surface area contributed by atoms with E-state index in [9.17, 15) is 36.0 Å². The minimum Gasteiger partial charge on any atom is -0.463 e. The van der Waals surface area contributed by atoms with E-state index in [1.54, 1.807) is 9.44 Å². The highest BCUT2D eigenvalue weighted by atomic mass is 32.2. The van der Waals surface area contributed by atoms with E-state index in [0.29, 0.717) is 25.7 Å². The van der Waals surface area contributed by atoms with Crippen LogP contribution in [-0.2, 0) is 29.5 Å². The molecule has 0 aliphatic heterocycles. The molecule has 2 aromatic heterocycles. The maximum absolute atomic E-state index is 12.1. The van der Waals surface area contributed by atoms with Gasteiger partial charge in [0.05, 0.1) is 14.2 Å². The topological polar surface area (TPSA) is 229 Å². The molecule has 4 N–H and O–H groups in total. The zero-order valence-electron chi connectivity index (χ0n) is 20.3. The van der Waals surface area contributed by atoms with E-state index >= 15 is 0 Å². The first-order valence-corrected chi connectivity index (χ1v) is 13.8. The maximum atomic E-state index is 12.1. The van der Waals surface area contributed by atoms with Crippen LogP contribution in [0.4, 0.5) is 9.59 Å². The van der Waals surface area contributed by atoms with Crippen molar-refractivity contribution in [2.75, 3.05) is 27.3 Å². The number of amides is 4. The summed E-state index contributed by atoms with van der Waals surface area (Å²) in [4.78, 5) is 46.4. The minimum absolute atomic E-state index is 0.149. The number of carbonyl (C=O) groups excluding carboxylic acids is 4. The monoisotopic (exact) mass is 578 g/mol. The van der Waals surface area contributed by atoms with Crippen LogP contribution in [-0.4, -0.2) is 68.1 Å². The van der Waals surface area contributed by atoms with Gasteiger partial charge in [0.25, 0.3) is 20.0 Å². The summed E-state index contributed by atoms with van der Waals surface area (Å²) in [5.74, 6) is -2.43. The number of urea groups is 2. The quantitative estimate of drug-likeness (QED) is 0.190. The summed E-state index contributed by atoms with van der Waals surface area (Å²) in [6.07, 6.45) is 2.20. The van der Waals surface area contributed by atoms with Gasteiger partial charge in [-0.3, -0.25) is 0 Å². The van der Waals surface area contributed by atoms with Crippen LogP contribution in [0.1, 0.15) is 46.8 Å². The Morgan fingerprint density at radius 3 is 1.37 bits per heavy atom. The van der Waals surface area contributed by atoms with Crippen LogP contribution >= 0.6 is 0 Å². The fourth-order valence-corrected chi connectivity index (χ4v) is 4.50. The summed E-state index contributed by atoms with van der Waals surface area (Å²) in [6.45, 7) is 0.297. The third-order valence-electron chi connectivity index (χ3n) is 4.59. The average Bonchev–Trinajstić information content (AvgIpc) is 3.55. The molecule has 4 amide bonds. The molecule has 2 heterocycles. The highest BCUT2D eigenvalue weighted by Gasteiger charge is 2.24. The molecule has 0 aromatic carbocycles. The fraction of sp³-hybridized carbons (Fsp3) is 0.400. The van der Waals surface area contributed by atoms with E-state index in [2.05, 4.69) is 20.1 Å². The molecule has 0 aliphatic rings. The van der Waals surface area contributed by atoms with Crippen LogP contribution in [0.15, 0.2) is 43.3 Å². The normalized spacial score (nSPS) is 11.3. The van der Waals surface area contributed by atoms with E-state index in [1.165, 1.54) is 0 Å². The smallest absolute Gasteiger partial charge is 0.374 e. The molecule has 2 rings (SSSR count). The molecule has 0 unspecified atom stereocenters. The standard InChI is InChI=1S/C20H26N4O12S2/c1-33-17(25)13-7-9-15(35-13)37(29,30)23-19(27)21-11-5-3-4-6-12-22-20(28)24-38(31,32)16-10-8-14(36-16)18(26)34-2/h7-10H,3-6,11-12H2,1-2H3,(H2,21,23,27)(H2,22,24,28). The number of hydrogen-bond donors (Lipinski definition) is 4. The summed E-state index contributed by atoms with van der Waals surface area (Å²) in [5.41, 5.74) is 0. The summed E-state index contributed by atoms with van der Waals surface area (Å²) in [5, 5.41) is 3.47. The molecule has 16 nitrogen and oxygen atoms in total. The molecule has 0 fully saturated rings. The van der Waals surface area contributed by atoms with Crippen LogP contribution < -0.4 is 20.1 Å². The molecule has 0 atom stereocenters. The Labute approximate surface area is 217 Å². The molecule has 0 aliphatic carbocycles. The number of ether oxygens (including phenoxy) is 2. The lowest BCUT2D eigenvalue weighted by molar-refractivity contribution is 0.0551. The second-order valence-corrected chi connectivity index (χ2v) is 10.6. The van der Waals surface area contributed by atoms with Crippen LogP contribution in [0.3, 0.4) is 0 Å². The third kappa shape index (κ3) is 8.80. The van der Waals surface area contributed by atoms with E-state index in [1.807, 2.05) is 0 Å². The number of rotatable bonds is 13. The lowest BCUT2D eigenvalue weighted by Gasteiger charge is -2.08. The Hall–Kier alpha value is -4.06. The maximum Gasteiger partial charge on any atom is 0.374 e. The molecule has 18 heteroatoms. The second-order valence-electron chi connectivity index (χ2n) is 7.36. The van der Waals surface area contributed by atoms with Gasteiger partial charge in [-0.25, -0.2) is 28.6 Å². The van der Waals surface area contributed by atoms with E-state index in [-0.39, 0.29) is 24.6 Å². The largest absolute Gasteiger partial charge is 0.463 e. The summed E-state index contributed by atoms with van der Waals surface area (Å²) in [6, 6.07) is 2.22. The van der Waals surface area contributed by atoms with Gasteiger partial charge in [-0.2, -0.15) is 16.8 Å². The molecule has 38 heavy (non-hydrogen) atoms. The van der Waals surface area contributed by atoms with Gasteiger partial charge in [0, 0.05) is 13.1 Å². The van der Waals surface area contributed by atoms with Gasteiger partial charge < -0.3 is 28.9 Å². The number of nitrogens with one attached hydrogen (secondary N) is 4. The van der Waals surface area contributed by atoms with Crippen molar-refractivity contribution >= 4 is 44.0 Å². The van der Waals surface area contributed by atoms with Crippen molar-refractivity contribution in [2.24, 2.45) is 0 Å². The fourth-order valence-electron chi connectivity index (χ4n) is 2.77. The molecule has 2 aromatic rings. The zero-order chi connectivity index (χ0) is 28.3. The number of methoxy groups -OCH3 is 2. The van der Waals surface area contributed by atoms with Crippen molar-refractivity contribution in [3.8, 4) is 0 Å². The van der Waals surface area contributed by atoms with Gasteiger partial charge in [0.15, 0.2) is 0 Å². The molecular formula is C20H26N4O12S2. The lowest BCUT2D eigenvalue weighted by atomic mass is 10.2. The summed E-state index contributed by atoms with van der Waals surface area (Å²) < 4.78 is 70.5. The number of furan rings is 2. The first-order chi connectivity index (χ1) is 17.9. The van der Waals surface area contributed by atoms with Gasteiger partial charge in [-0.1, -0.05) is 12.8 Å². The predicted octanol–water partition coefficient (Wildman–Crippen LogP) is 0.682. The van der Waals surface area contributed by atoms with E-state index in [0.717, 1.165) is 38.5 Å². The molecule has 0 saturated heterocycles. The molecule has 0 bridgehead atoms. The van der Waals surface area contributed by atoms with Crippen LogP contribution in [0.25, 0.3) is 0 Å². The summed E-state index contributed by atoms with van der Waals surface area (Å²) in [7, 11) is -6.47. The number of esters is 2. The van der Waals surface area contributed by atoms with E-state index < -0.39 is 54.2 Å². The van der Waals surface area contributed by atoms with E-state index in [4.69, 9.17) is 8.83 Å². The predicted molar refractivity (Wildman–Crippen MR) is 126 cm³/mol. The highest BCUT2D eigenvalue weighted by Crippen LogP contribution is 2.15. The number of hydrogen-bond acceptors (Lipinski definition) is 12. The average molecular weight is 579 g/mol. The van der Waals surface area contributed by atoms with Crippen LogP contribution in [0.2, 0.25) is 0 Å². The summed E-state index contributed by atoms with van der Waals surface area (Å²) >= 11 is 0. The Balaban J connectivity index is 1.61. The Morgan fingerprint density at radius 2 is 1.03 bits per heavy atom. The van der Waals surface area contributed by atoms with Crippen molar-refractivity contribution in [1.29, 1.82) is 0 Å². The Kier molecular flexibility index (Phi) is 10.7. The molecule has 0 radical (unpaired) electrons. The van der Waals surface area contributed by atoms with Crippen LogP contribution in [0, 0.1) is 0 Å². The van der Waals surface area contributed by atoms with Gasteiger partial charge in [-0.05, 0) is 37.1 Å².